The van der Waals surface area contributed by atoms with E-state index in [9.17, 15) is 4.39 Å². The largest absolute Gasteiger partial charge is 0.310 e. The van der Waals surface area contributed by atoms with Gasteiger partial charge in [0.05, 0.1) is 0 Å². The van der Waals surface area contributed by atoms with Crippen LogP contribution in [0.15, 0.2) is 24.3 Å². The molecule has 0 aliphatic heterocycles. The van der Waals surface area contributed by atoms with Gasteiger partial charge < -0.3 is 5.32 Å². The summed E-state index contributed by atoms with van der Waals surface area (Å²) < 4.78 is 14.2. The molecule has 2 heteroatoms. The summed E-state index contributed by atoms with van der Waals surface area (Å²) in [6, 6.07) is 7.49. The summed E-state index contributed by atoms with van der Waals surface area (Å²) in [7, 11) is 0. The van der Waals surface area contributed by atoms with Gasteiger partial charge >= 0.3 is 0 Å². The first-order chi connectivity index (χ1) is 9.83. The first-order valence-corrected chi connectivity index (χ1v) is 8.30. The average Bonchev–Trinajstić information content (AvgIpc) is 2.42. The Bertz CT molecular complexity index is 383. The second-order valence-electron chi connectivity index (χ2n) is 6.06. The second-order valence-corrected chi connectivity index (χ2v) is 6.06. The average molecular weight is 277 g/mol. The number of nitrogens with one attached hydrogen (secondary N) is 1. The molecule has 1 aromatic carbocycles. The molecule has 1 atom stereocenters. The summed E-state index contributed by atoms with van der Waals surface area (Å²) >= 11 is 0. The van der Waals surface area contributed by atoms with Crippen LogP contribution < -0.4 is 5.32 Å². The van der Waals surface area contributed by atoms with E-state index < -0.39 is 0 Å². The molecule has 0 bridgehead atoms. The molecular formula is C18H28FN. The van der Waals surface area contributed by atoms with Crippen molar-refractivity contribution in [3.63, 3.8) is 0 Å². The van der Waals surface area contributed by atoms with Gasteiger partial charge in [0.2, 0.25) is 0 Å². The SMILES string of the molecule is CCCNC(c1ccccc1F)C1CCCCCCC1. The number of rotatable bonds is 5. The number of hydrogen-bond donors (Lipinski definition) is 1. The van der Waals surface area contributed by atoms with E-state index in [2.05, 4.69) is 12.2 Å². The molecule has 0 spiro atoms. The Labute approximate surface area is 123 Å². The molecule has 1 N–H and O–H groups in total. The molecule has 1 saturated carbocycles. The van der Waals surface area contributed by atoms with Crippen LogP contribution in [0.3, 0.4) is 0 Å². The monoisotopic (exact) mass is 277 g/mol. The fraction of sp³-hybridized carbons (Fsp3) is 0.667. The minimum absolute atomic E-state index is 0.0526. The van der Waals surface area contributed by atoms with Crippen LogP contribution in [0.1, 0.15) is 69.9 Å². The quantitative estimate of drug-likeness (QED) is 0.777. The van der Waals surface area contributed by atoms with Gasteiger partial charge in [0.15, 0.2) is 0 Å². The van der Waals surface area contributed by atoms with Gasteiger partial charge in [-0.25, -0.2) is 4.39 Å². The molecule has 112 valence electrons. The topological polar surface area (TPSA) is 12.0 Å². The van der Waals surface area contributed by atoms with E-state index in [1.165, 1.54) is 44.9 Å². The summed E-state index contributed by atoms with van der Waals surface area (Å²) in [4.78, 5) is 0. The Morgan fingerprint density at radius 3 is 2.40 bits per heavy atom. The summed E-state index contributed by atoms with van der Waals surface area (Å²) in [6.45, 7) is 3.14. The van der Waals surface area contributed by atoms with Crippen molar-refractivity contribution in [2.45, 2.75) is 64.3 Å². The van der Waals surface area contributed by atoms with E-state index in [1.54, 1.807) is 12.1 Å². The van der Waals surface area contributed by atoms with E-state index in [0.717, 1.165) is 18.5 Å². The van der Waals surface area contributed by atoms with Crippen molar-refractivity contribution in [3.8, 4) is 0 Å². The van der Waals surface area contributed by atoms with E-state index in [0.29, 0.717) is 5.92 Å². The molecule has 1 aliphatic carbocycles. The number of benzene rings is 1. The highest BCUT2D eigenvalue weighted by Gasteiger charge is 2.25. The van der Waals surface area contributed by atoms with Crippen molar-refractivity contribution in [2.24, 2.45) is 5.92 Å². The maximum atomic E-state index is 14.2. The Hall–Kier alpha value is -0.890. The minimum Gasteiger partial charge on any atom is -0.310 e. The maximum absolute atomic E-state index is 14.2. The lowest BCUT2D eigenvalue weighted by atomic mass is 9.82. The summed E-state index contributed by atoms with van der Waals surface area (Å²) in [5, 5.41) is 3.60. The second kappa shape index (κ2) is 8.41. The molecule has 2 rings (SSSR count). The summed E-state index contributed by atoms with van der Waals surface area (Å²) in [5.41, 5.74) is 0.867. The normalized spacial score (nSPS) is 19.3. The van der Waals surface area contributed by atoms with Gasteiger partial charge in [0, 0.05) is 11.6 Å². The van der Waals surface area contributed by atoms with Crippen LogP contribution in [0.5, 0.6) is 0 Å². The van der Waals surface area contributed by atoms with Gasteiger partial charge in [-0.1, -0.05) is 57.2 Å². The predicted octanol–water partition coefficient (Wildman–Crippen LogP) is 5.23. The van der Waals surface area contributed by atoms with Gasteiger partial charge in [-0.15, -0.1) is 0 Å². The third-order valence-electron chi connectivity index (χ3n) is 4.48. The first kappa shape index (κ1) is 15.5. The zero-order valence-corrected chi connectivity index (χ0v) is 12.7. The number of halogens is 1. The van der Waals surface area contributed by atoms with Crippen molar-refractivity contribution in [1.29, 1.82) is 0 Å². The molecule has 1 fully saturated rings. The molecule has 20 heavy (non-hydrogen) atoms. The molecule has 1 aliphatic rings. The van der Waals surface area contributed by atoms with E-state index in [1.807, 2.05) is 12.1 Å². The fourth-order valence-corrected chi connectivity index (χ4v) is 3.38. The zero-order valence-electron chi connectivity index (χ0n) is 12.7. The number of hydrogen-bond acceptors (Lipinski definition) is 1. The van der Waals surface area contributed by atoms with Crippen molar-refractivity contribution >= 4 is 0 Å². The molecule has 0 amide bonds. The molecule has 1 unspecified atom stereocenters. The molecule has 0 heterocycles. The fourth-order valence-electron chi connectivity index (χ4n) is 3.38. The van der Waals surface area contributed by atoms with Crippen LogP contribution in [0.2, 0.25) is 0 Å². The van der Waals surface area contributed by atoms with E-state index in [-0.39, 0.29) is 11.9 Å². The van der Waals surface area contributed by atoms with Gasteiger partial charge in [0.25, 0.3) is 0 Å². The molecule has 0 radical (unpaired) electrons. The van der Waals surface area contributed by atoms with Crippen molar-refractivity contribution in [2.75, 3.05) is 6.54 Å². The van der Waals surface area contributed by atoms with Crippen molar-refractivity contribution < 1.29 is 4.39 Å². The summed E-state index contributed by atoms with van der Waals surface area (Å²) in [6.07, 6.45) is 10.2. The maximum Gasteiger partial charge on any atom is 0.127 e. The standard InChI is InChI=1S/C18H28FN/c1-2-14-20-18(16-12-8-9-13-17(16)19)15-10-6-4-3-5-7-11-15/h8-9,12-13,15,18,20H,2-7,10-11,14H2,1H3. The Kier molecular flexibility index (Phi) is 6.52. The Morgan fingerprint density at radius 2 is 1.75 bits per heavy atom. The van der Waals surface area contributed by atoms with Crippen LogP contribution in [0.4, 0.5) is 4.39 Å². The van der Waals surface area contributed by atoms with Gasteiger partial charge in [-0.05, 0) is 37.8 Å². The van der Waals surface area contributed by atoms with Crippen molar-refractivity contribution in [1.82, 2.24) is 5.32 Å². The lowest BCUT2D eigenvalue weighted by Gasteiger charge is -2.30. The smallest absolute Gasteiger partial charge is 0.127 e. The minimum atomic E-state index is -0.0526. The third kappa shape index (κ3) is 4.31. The highest BCUT2D eigenvalue weighted by molar-refractivity contribution is 5.22. The predicted molar refractivity (Wildman–Crippen MR) is 83.2 cm³/mol. The Balaban J connectivity index is 2.14. The highest BCUT2D eigenvalue weighted by atomic mass is 19.1. The zero-order chi connectivity index (χ0) is 14.2. The molecule has 1 aromatic rings. The van der Waals surface area contributed by atoms with Gasteiger partial charge in [0.1, 0.15) is 5.82 Å². The van der Waals surface area contributed by atoms with Gasteiger partial charge in [-0.3, -0.25) is 0 Å². The lowest BCUT2D eigenvalue weighted by molar-refractivity contribution is 0.283. The van der Waals surface area contributed by atoms with E-state index in [4.69, 9.17) is 0 Å². The van der Waals surface area contributed by atoms with Gasteiger partial charge in [-0.2, -0.15) is 0 Å². The van der Waals surface area contributed by atoms with Crippen LogP contribution in [-0.4, -0.2) is 6.54 Å². The van der Waals surface area contributed by atoms with Crippen LogP contribution in [-0.2, 0) is 0 Å². The van der Waals surface area contributed by atoms with E-state index >= 15 is 0 Å². The Morgan fingerprint density at radius 1 is 1.10 bits per heavy atom. The first-order valence-electron chi connectivity index (χ1n) is 8.30. The molecule has 0 aromatic heterocycles. The molecule has 0 saturated heterocycles. The third-order valence-corrected chi connectivity index (χ3v) is 4.48. The van der Waals surface area contributed by atoms with Crippen LogP contribution in [0.25, 0.3) is 0 Å². The van der Waals surface area contributed by atoms with Crippen molar-refractivity contribution in [3.05, 3.63) is 35.6 Å². The molecular weight excluding hydrogens is 249 g/mol. The molecule has 1 nitrogen and oxygen atoms in total. The van der Waals surface area contributed by atoms with Crippen LogP contribution in [0, 0.1) is 11.7 Å². The summed E-state index contributed by atoms with van der Waals surface area (Å²) in [5.74, 6) is 0.530. The highest BCUT2D eigenvalue weighted by Crippen LogP contribution is 2.34. The lowest BCUT2D eigenvalue weighted by Crippen LogP contribution is -2.30. The van der Waals surface area contributed by atoms with Crippen LogP contribution >= 0.6 is 0 Å².